The topological polar surface area (TPSA) is 0 Å². The number of unbranched alkanes of at least 4 members (excludes halogenated alkanes) is 1. The molecule has 0 spiro atoms. The van der Waals surface area contributed by atoms with Gasteiger partial charge in [0, 0.05) is 0 Å². The lowest BCUT2D eigenvalue weighted by Gasteiger charge is -2.13. The van der Waals surface area contributed by atoms with Gasteiger partial charge in [-0.2, -0.15) is 0 Å². The summed E-state index contributed by atoms with van der Waals surface area (Å²) in [5, 5.41) is 0. The average molecular weight is 248 g/mol. The Morgan fingerprint density at radius 3 is 2.68 bits per heavy atom. The molecular weight excluding hydrogens is 228 g/mol. The van der Waals surface area contributed by atoms with Crippen molar-refractivity contribution in [2.75, 3.05) is 0 Å². The van der Waals surface area contributed by atoms with Crippen LogP contribution in [0.25, 0.3) is 17.2 Å². The SMILES string of the molecule is CCCCc1ccccc1-c1cccc2c1C=CC2. The Balaban J connectivity index is 2.07. The maximum absolute atomic E-state index is 2.28. The third-order valence-corrected chi connectivity index (χ3v) is 3.93. The lowest BCUT2D eigenvalue weighted by atomic mass is 9.92. The summed E-state index contributed by atoms with van der Waals surface area (Å²) in [7, 11) is 0. The lowest BCUT2D eigenvalue weighted by molar-refractivity contribution is 0.796. The van der Waals surface area contributed by atoms with Crippen LogP contribution in [0.5, 0.6) is 0 Å². The predicted molar refractivity (Wildman–Crippen MR) is 83.2 cm³/mol. The van der Waals surface area contributed by atoms with Crippen molar-refractivity contribution in [1.29, 1.82) is 0 Å². The third-order valence-electron chi connectivity index (χ3n) is 3.93. The molecule has 0 fully saturated rings. The molecule has 0 radical (unpaired) electrons. The summed E-state index contributed by atoms with van der Waals surface area (Å²) in [4.78, 5) is 0. The van der Waals surface area contributed by atoms with E-state index in [0.29, 0.717) is 0 Å². The van der Waals surface area contributed by atoms with Crippen LogP contribution in [0.3, 0.4) is 0 Å². The van der Waals surface area contributed by atoms with Crippen LogP contribution in [-0.4, -0.2) is 0 Å². The molecule has 0 bridgehead atoms. The standard InChI is InChI=1S/C19H20/c1-2-3-8-15-9-4-5-12-17(15)19-14-7-11-16-10-6-13-18(16)19/h4-7,9,11-14H,2-3,8,10H2,1H3. The second kappa shape index (κ2) is 5.44. The van der Waals surface area contributed by atoms with Gasteiger partial charge >= 0.3 is 0 Å². The Morgan fingerprint density at radius 2 is 1.79 bits per heavy atom. The van der Waals surface area contributed by atoms with Crippen molar-refractivity contribution < 1.29 is 0 Å². The molecule has 0 heteroatoms. The molecule has 2 aromatic rings. The van der Waals surface area contributed by atoms with Gasteiger partial charge < -0.3 is 0 Å². The van der Waals surface area contributed by atoms with E-state index >= 15 is 0 Å². The molecule has 96 valence electrons. The van der Waals surface area contributed by atoms with Gasteiger partial charge in [0.15, 0.2) is 0 Å². The maximum atomic E-state index is 2.28. The molecule has 0 saturated carbocycles. The molecule has 0 aliphatic heterocycles. The molecule has 0 nitrogen and oxygen atoms in total. The molecule has 0 amide bonds. The number of fused-ring (bicyclic) bond motifs is 1. The zero-order valence-corrected chi connectivity index (χ0v) is 11.5. The van der Waals surface area contributed by atoms with Crippen LogP contribution in [0.4, 0.5) is 0 Å². The molecule has 0 atom stereocenters. The van der Waals surface area contributed by atoms with E-state index in [0.717, 1.165) is 6.42 Å². The predicted octanol–water partition coefficient (Wildman–Crippen LogP) is 5.27. The minimum Gasteiger partial charge on any atom is -0.0795 e. The highest BCUT2D eigenvalue weighted by molar-refractivity contribution is 5.81. The lowest BCUT2D eigenvalue weighted by Crippen LogP contribution is -1.93. The maximum Gasteiger partial charge on any atom is -0.00879 e. The first-order chi connectivity index (χ1) is 9.40. The first kappa shape index (κ1) is 12.2. The largest absolute Gasteiger partial charge is 0.0795 e. The summed E-state index contributed by atoms with van der Waals surface area (Å²) in [6.07, 6.45) is 9.33. The number of rotatable bonds is 4. The quantitative estimate of drug-likeness (QED) is 0.692. The van der Waals surface area contributed by atoms with E-state index in [-0.39, 0.29) is 0 Å². The van der Waals surface area contributed by atoms with Crippen LogP contribution in [0.15, 0.2) is 48.5 Å². The molecule has 1 aliphatic rings. The van der Waals surface area contributed by atoms with Crippen LogP contribution in [0, 0.1) is 0 Å². The summed E-state index contributed by atoms with van der Waals surface area (Å²) < 4.78 is 0. The second-order valence-electron chi connectivity index (χ2n) is 5.25. The van der Waals surface area contributed by atoms with Crippen LogP contribution in [0.2, 0.25) is 0 Å². The van der Waals surface area contributed by atoms with E-state index in [4.69, 9.17) is 0 Å². The highest BCUT2D eigenvalue weighted by Crippen LogP contribution is 2.33. The van der Waals surface area contributed by atoms with Crippen molar-refractivity contribution in [3.63, 3.8) is 0 Å². The summed E-state index contributed by atoms with van der Waals surface area (Å²) in [5.41, 5.74) is 7.18. The number of hydrogen-bond donors (Lipinski definition) is 0. The Labute approximate surface area is 115 Å². The van der Waals surface area contributed by atoms with Crippen molar-refractivity contribution in [2.24, 2.45) is 0 Å². The Kier molecular flexibility index (Phi) is 3.50. The van der Waals surface area contributed by atoms with Crippen molar-refractivity contribution in [3.8, 4) is 11.1 Å². The monoisotopic (exact) mass is 248 g/mol. The Hall–Kier alpha value is -1.82. The molecular formula is C19H20. The van der Waals surface area contributed by atoms with E-state index in [1.54, 1.807) is 0 Å². The molecule has 0 saturated heterocycles. The van der Waals surface area contributed by atoms with Crippen molar-refractivity contribution in [2.45, 2.75) is 32.6 Å². The van der Waals surface area contributed by atoms with Gasteiger partial charge in [-0.05, 0) is 47.1 Å². The van der Waals surface area contributed by atoms with E-state index in [9.17, 15) is 0 Å². The van der Waals surface area contributed by atoms with Crippen LogP contribution < -0.4 is 0 Å². The number of benzene rings is 2. The Bertz CT molecular complexity index is 605. The second-order valence-corrected chi connectivity index (χ2v) is 5.25. The van der Waals surface area contributed by atoms with Gasteiger partial charge in [-0.3, -0.25) is 0 Å². The van der Waals surface area contributed by atoms with Gasteiger partial charge in [0.25, 0.3) is 0 Å². The summed E-state index contributed by atoms with van der Waals surface area (Å²) >= 11 is 0. The smallest absolute Gasteiger partial charge is 0.00879 e. The highest BCUT2D eigenvalue weighted by Gasteiger charge is 2.12. The normalized spacial score (nSPS) is 12.7. The van der Waals surface area contributed by atoms with E-state index in [1.165, 1.54) is 47.1 Å². The fourth-order valence-corrected chi connectivity index (χ4v) is 2.89. The number of aryl methyl sites for hydroxylation is 1. The molecule has 0 N–H and O–H groups in total. The molecule has 0 heterocycles. The van der Waals surface area contributed by atoms with Crippen molar-refractivity contribution in [1.82, 2.24) is 0 Å². The zero-order valence-electron chi connectivity index (χ0n) is 11.5. The summed E-state index contributed by atoms with van der Waals surface area (Å²) in [5.74, 6) is 0. The van der Waals surface area contributed by atoms with Crippen LogP contribution in [0.1, 0.15) is 36.5 Å². The van der Waals surface area contributed by atoms with Crippen LogP contribution in [-0.2, 0) is 12.8 Å². The summed E-state index contributed by atoms with van der Waals surface area (Å²) in [6.45, 7) is 2.26. The minimum absolute atomic E-state index is 1.08. The number of hydrogen-bond acceptors (Lipinski definition) is 0. The van der Waals surface area contributed by atoms with Gasteiger partial charge in [-0.15, -0.1) is 0 Å². The fourth-order valence-electron chi connectivity index (χ4n) is 2.89. The van der Waals surface area contributed by atoms with Gasteiger partial charge in [-0.1, -0.05) is 68.0 Å². The molecule has 1 aliphatic carbocycles. The summed E-state index contributed by atoms with van der Waals surface area (Å²) in [6, 6.07) is 15.6. The van der Waals surface area contributed by atoms with Gasteiger partial charge in [0.1, 0.15) is 0 Å². The molecule has 0 unspecified atom stereocenters. The molecule has 2 aromatic carbocycles. The van der Waals surface area contributed by atoms with E-state index in [1.807, 2.05) is 0 Å². The zero-order chi connectivity index (χ0) is 13.1. The van der Waals surface area contributed by atoms with E-state index < -0.39 is 0 Å². The number of allylic oxidation sites excluding steroid dienone is 1. The first-order valence-electron chi connectivity index (χ1n) is 7.27. The van der Waals surface area contributed by atoms with Crippen molar-refractivity contribution in [3.05, 3.63) is 65.2 Å². The molecule has 19 heavy (non-hydrogen) atoms. The Morgan fingerprint density at radius 1 is 0.947 bits per heavy atom. The van der Waals surface area contributed by atoms with E-state index in [2.05, 4.69) is 61.5 Å². The molecule has 0 aromatic heterocycles. The first-order valence-corrected chi connectivity index (χ1v) is 7.27. The van der Waals surface area contributed by atoms with Crippen LogP contribution >= 0.6 is 0 Å². The highest BCUT2D eigenvalue weighted by atomic mass is 14.2. The van der Waals surface area contributed by atoms with Gasteiger partial charge in [0.05, 0.1) is 0 Å². The third kappa shape index (κ3) is 2.35. The molecule has 3 rings (SSSR count). The average Bonchev–Trinajstić information content (AvgIpc) is 2.94. The van der Waals surface area contributed by atoms with Gasteiger partial charge in [0.2, 0.25) is 0 Å². The van der Waals surface area contributed by atoms with Crippen molar-refractivity contribution >= 4 is 6.08 Å². The fraction of sp³-hybridized carbons (Fsp3) is 0.263. The van der Waals surface area contributed by atoms with Gasteiger partial charge in [-0.25, -0.2) is 0 Å². The minimum atomic E-state index is 1.08.